The fourth-order valence-electron chi connectivity index (χ4n) is 2.00. The van der Waals surface area contributed by atoms with Gasteiger partial charge in [0.15, 0.2) is 0 Å². The zero-order valence-electron chi connectivity index (χ0n) is 12.4. The van der Waals surface area contributed by atoms with Crippen molar-refractivity contribution in [1.29, 1.82) is 0 Å². The van der Waals surface area contributed by atoms with Crippen molar-refractivity contribution in [2.45, 2.75) is 6.10 Å². The SMILES string of the molecule is CN(CC(O)CF)c1ccc(/C=C/c2ccc(O)nc2)cc1. The van der Waals surface area contributed by atoms with Gasteiger partial charge in [0.05, 0.1) is 6.10 Å². The Morgan fingerprint density at radius 3 is 2.36 bits per heavy atom. The minimum Gasteiger partial charge on any atom is -0.493 e. The van der Waals surface area contributed by atoms with Crippen molar-refractivity contribution in [1.82, 2.24) is 4.98 Å². The van der Waals surface area contributed by atoms with Gasteiger partial charge in [0.1, 0.15) is 6.67 Å². The van der Waals surface area contributed by atoms with E-state index < -0.39 is 12.8 Å². The predicted octanol–water partition coefficient (Wildman–Crippen LogP) is 2.72. The zero-order valence-corrected chi connectivity index (χ0v) is 12.4. The third-order valence-corrected chi connectivity index (χ3v) is 3.24. The highest BCUT2D eigenvalue weighted by atomic mass is 19.1. The van der Waals surface area contributed by atoms with Crippen molar-refractivity contribution in [2.75, 3.05) is 25.2 Å². The molecule has 0 aliphatic rings. The molecular formula is C17H19FN2O2. The first kappa shape index (κ1) is 16.0. The molecule has 0 aliphatic carbocycles. The largest absolute Gasteiger partial charge is 0.493 e. The predicted molar refractivity (Wildman–Crippen MR) is 86.5 cm³/mol. The molecule has 1 aromatic carbocycles. The van der Waals surface area contributed by atoms with Crippen LogP contribution < -0.4 is 4.90 Å². The molecule has 1 heterocycles. The molecule has 0 radical (unpaired) electrons. The van der Waals surface area contributed by atoms with E-state index in [0.717, 1.165) is 16.8 Å². The average molecular weight is 302 g/mol. The van der Waals surface area contributed by atoms with Crippen molar-refractivity contribution in [3.05, 3.63) is 53.7 Å². The van der Waals surface area contributed by atoms with Crippen LogP contribution in [0.1, 0.15) is 11.1 Å². The van der Waals surface area contributed by atoms with Crippen LogP contribution in [0.3, 0.4) is 0 Å². The molecule has 0 saturated carbocycles. The minimum absolute atomic E-state index is 0.00000639. The number of rotatable bonds is 6. The maximum atomic E-state index is 12.3. The third-order valence-electron chi connectivity index (χ3n) is 3.24. The quantitative estimate of drug-likeness (QED) is 0.861. The Morgan fingerprint density at radius 2 is 1.77 bits per heavy atom. The molecule has 0 saturated heterocycles. The van der Waals surface area contributed by atoms with Gasteiger partial charge in [-0.2, -0.15) is 0 Å². The van der Waals surface area contributed by atoms with E-state index in [-0.39, 0.29) is 12.4 Å². The Hall–Kier alpha value is -2.40. The molecule has 4 nitrogen and oxygen atoms in total. The number of pyridine rings is 1. The van der Waals surface area contributed by atoms with Gasteiger partial charge in [-0.05, 0) is 29.3 Å². The number of hydrogen-bond acceptors (Lipinski definition) is 4. The Morgan fingerprint density at radius 1 is 1.14 bits per heavy atom. The Kier molecular flexibility index (Phi) is 5.49. The number of anilines is 1. The summed E-state index contributed by atoms with van der Waals surface area (Å²) in [6, 6.07) is 11.0. The number of halogens is 1. The lowest BCUT2D eigenvalue weighted by Crippen LogP contribution is -2.30. The van der Waals surface area contributed by atoms with E-state index in [1.54, 1.807) is 12.3 Å². The maximum absolute atomic E-state index is 12.3. The Labute approximate surface area is 129 Å². The molecular weight excluding hydrogens is 283 g/mol. The van der Waals surface area contributed by atoms with Gasteiger partial charge >= 0.3 is 0 Å². The average Bonchev–Trinajstić information content (AvgIpc) is 2.54. The highest BCUT2D eigenvalue weighted by Gasteiger charge is 2.07. The smallest absolute Gasteiger partial charge is 0.210 e. The van der Waals surface area contributed by atoms with E-state index in [0.29, 0.717) is 0 Å². The van der Waals surface area contributed by atoms with E-state index in [1.165, 1.54) is 6.07 Å². The van der Waals surface area contributed by atoms with Crippen LogP contribution >= 0.6 is 0 Å². The van der Waals surface area contributed by atoms with Crippen LogP contribution in [0, 0.1) is 0 Å². The first-order valence-electron chi connectivity index (χ1n) is 6.97. The number of aliphatic hydroxyl groups excluding tert-OH is 1. The second kappa shape index (κ2) is 7.56. The zero-order chi connectivity index (χ0) is 15.9. The summed E-state index contributed by atoms with van der Waals surface area (Å²) >= 11 is 0. The lowest BCUT2D eigenvalue weighted by atomic mass is 10.1. The van der Waals surface area contributed by atoms with Gasteiger partial charge < -0.3 is 15.1 Å². The molecule has 0 aliphatic heterocycles. The van der Waals surface area contributed by atoms with Gasteiger partial charge in [0, 0.05) is 31.5 Å². The second-order valence-electron chi connectivity index (χ2n) is 5.06. The van der Waals surface area contributed by atoms with Gasteiger partial charge in [-0.3, -0.25) is 0 Å². The maximum Gasteiger partial charge on any atom is 0.210 e. The molecule has 1 aromatic heterocycles. The molecule has 2 aromatic rings. The first-order chi connectivity index (χ1) is 10.6. The first-order valence-corrected chi connectivity index (χ1v) is 6.97. The number of aromatic hydroxyl groups is 1. The molecule has 0 spiro atoms. The highest BCUT2D eigenvalue weighted by molar-refractivity contribution is 5.70. The van der Waals surface area contributed by atoms with Gasteiger partial charge in [0.2, 0.25) is 5.88 Å². The molecule has 2 rings (SSSR count). The lowest BCUT2D eigenvalue weighted by molar-refractivity contribution is 0.146. The summed E-state index contributed by atoms with van der Waals surface area (Å²) in [6.45, 7) is -0.489. The summed E-state index contributed by atoms with van der Waals surface area (Å²) in [5.41, 5.74) is 2.82. The van der Waals surface area contributed by atoms with Gasteiger partial charge in [0.25, 0.3) is 0 Å². The van der Waals surface area contributed by atoms with E-state index >= 15 is 0 Å². The Balaban J connectivity index is 2.01. The molecule has 1 unspecified atom stereocenters. The molecule has 1 atom stereocenters. The van der Waals surface area contributed by atoms with Crippen LogP contribution in [0.25, 0.3) is 12.2 Å². The molecule has 22 heavy (non-hydrogen) atoms. The number of nitrogens with zero attached hydrogens (tertiary/aromatic N) is 2. The molecule has 116 valence electrons. The van der Waals surface area contributed by atoms with E-state index in [4.69, 9.17) is 5.11 Å². The molecule has 0 fully saturated rings. The molecule has 2 N–H and O–H groups in total. The normalized spacial score (nSPS) is 12.5. The summed E-state index contributed by atoms with van der Waals surface area (Å²) in [7, 11) is 1.81. The van der Waals surface area contributed by atoms with Gasteiger partial charge in [-0.15, -0.1) is 0 Å². The van der Waals surface area contributed by atoms with Crippen molar-refractivity contribution >= 4 is 17.8 Å². The highest BCUT2D eigenvalue weighted by Crippen LogP contribution is 2.16. The number of hydrogen-bond donors (Lipinski definition) is 2. The summed E-state index contributed by atoms with van der Waals surface area (Å²) in [5.74, 6) is 0.00000639. The standard InChI is InChI=1S/C17H19FN2O2/c1-20(12-16(21)10-18)15-7-4-13(5-8-15)2-3-14-6-9-17(22)19-11-14/h2-9,11,16,21H,10,12H2,1H3,(H,19,22)/b3-2+. The summed E-state index contributed by atoms with van der Waals surface area (Å²) in [6.07, 6.45) is 4.46. The number of alkyl halides is 1. The molecule has 0 bridgehead atoms. The monoisotopic (exact) mass is 302 g/mol. The summed E-state index contributed by atoms with van der Waals surface area (Å²) < 4.78 is 12.3. The molecule has 0 amide bonds. The van der Waals surface area contributed by atoms with Crippen LogP contribution in [0.5, 0.6) is 5.88 Å². The van der Waals surface area contributed by atoms with Crippen molar-refractivity contribution < 1.29 is 14.6 Å². The van der Waals surface area contributed by atoms with Crippen LogP contribution in [-0.2, 0) is 0 Å². The molecule has 5 heteroatoms. The fourth-order valence-corrected chi connectivity index (χ4v) is 2.00. The van der Waals surface area contributed by atoms with Crippen LogP contribution in [0.15, 0.2) is 42.6 Å². The van der Waals surface area contributed by atoms with Gasteiger partial charge in [-0.25, -0.2) is 9.37 Å². The van der Waals surface area contributed by atoms with Crippen LogP contribution in [0.2, 0.25) is 0 Å². The van der Waals surface area contributed by atoms with E-state index in [2.05, 4.69) is 4.98 Å². The van der Waals surface area contributed by atoms with Crippen LogP contribution in [-0.4, -0.2) is 41.6 Å². The van der Waals surface area contributed by atoms with Crippen molar-refractivity contribution in [3.8, 4) is 5.88 Å². The minimum atomic E-state index is -0.966. The lowest BCUT2D eigenvalue weighted by Gasteiger charge is -2.21. The van der Waals surface area contributed by atoms with E-state index in [1.807, 2.05) is 48.4 Å². The van der Waals surface area contributed by atoms with Crippen molar-refractivity contribution in [3.63, 3.8) is 0 Å². The van der Waals surface area contributed by atoms with E-state index in [9.17, 15) is 9.50 Å². The number of benzene rings is 1. The topological polar surface area (TPSA) is 56.6 Å². The number of likely N-dealkylation sites (N-methyl/N-ethyl adjacent to an activating group) is 1. The Bertz CT molecular complexity index is 612. The van der Waals surface area contributed by atoms with Crippen molar-refractivity contribution in [2.24, 2.45) is 0 Å². The van der Waals surface area contributed by atoms with Crippen LogP contribution in [0.4, 0.5) is 10.1 Å². The third kappa shape index (κ3) is 4.56. The van der Waals surface area contributed by atoms with Gasteiger partial charge in [-0.1, -0.05) is 24.3 Å². The number of aliphatic hydroxyl groups is 1. The number of aromatic nitrogens is 1. The fraction of sp³-hybridized carbons (Fsp3) is 0.235. The summed E-state index contributed by atoms with van der Waals surface area (Å²) in [5, 5.41) is 18.4. The second-order valence-corrected chi connectivity index (χ2v) is 5.06. The summed E-state index contributed by atoms with van der Waals surface area (Å²) in [4.78, 5) is 5.61.